The van der Waals surface area contributed by atoms with Gasteiger partial charge in [0, 0.05) is 56.2 Å². The fraction of sp³-hybridized carbons (Fsp3) is 0.263. The van der Waals surface area contributed by atoms with Crippen LogP contribution in [0.2, 0.25) is 0 Å². The second-order valence-corrected chi connectivity index (χ2v) is 12.2. The lowest BCUT2D eigenvalue weighted by Crippen LogP contribution is -2.56. The minimum atomic E-state index is -0.633. The minimum Gasteiger partial charge on any atom is -0.338 e. The summed E-state index contributed by atoms with van der Waals surface area (Å²) in [7, 11) is 0. The van der Waals surface area contributed by atoms with E-state index in [4.69, 9.17) is 0 Å². The summed E-state index contributed by atoms with van der Waals surface area (Å²) >= 11 is 3.48. The molecule has 0 N–H and O–H groups in total. The maximum atomic E-state index is 14.4. The molecule has 0 saturated carbocycles. The molecule has 4 aromatic carbocycles. The number of hydrogen-bond acceptors (Lipinski definition) is 3. The van der Waals surface area contributed by atoms with Crippen molar-refractivity contribution in [1.82, 2.24) is 14.7 Å². The molecule has 0 aliphatic carbocycles. The quantitative estimate of drug-likeness (QED) is 0.164. The lowest BCUT2D eigenvalue weighted by molar-refractivity contribution is -0.145. The zero-order valence-corrected chi connectivity index (χ0v) is 26.9. The molecule has 0 radical (unpaired) electrons. The zero-order chi connectivity index (χ0) is 30.7. The Morgan fingerprint density at radius 3 is 1.95 bits per heavy atom. The number of nitrogens with zero attached hydrogens (tertiary/aromatic N) is 3. The van der Waals surface area contributed by atoms with Crippen molar-refractivity contribution < 1.29 is 9.59 Å². The second-order valence-electron chi connectivity index (χ2n) is 11.3. The Labute approximate surface area is 269 Å². The van der Waals surface area contributed by atoms with Crippen molar-refractivity contribution in [2.24, 2.45) is 0 Å². The van der Waals surface area contributed by atoms with E-state index in [0.717, 1.165) is 47.2 Å². The average molecular weight is 651 g/mol. The van der Waals surface area contributed by atoms with Crippen LogP contribution in [0.1, 0.15) is 34.7 Å². The highest BCUT2D eigenvalue weighted by Gasteiger charge is 2.34. The van der Waals surface area contributed by atoms with Crippen LogP contribution in [0.4, 0.5) is 0 Å². The van der Waals surface area contributed by atoms with Crippen molar-refractivity contribution in [2.45, 2.75) is 38.9 Å². The Balaban J connectivity index is 1.40. The predicted octanol–water partition coefficient (Wildman–Crippen LogP) is 7.01. The van der Waals surface area contributed by atoms with Crippen molar-refractivity contribution in [3.05, 3.63) is 148 Å². The lowest BCUT2D eigenvalue weighted by atomic mass is 10.0. The van der Waals surface area contributed by atoms with Crippen LogP contribution in [0.25, 0.3) is 6.08 Å². The summed E-state index contributed by atoms with van der Waals surface area (Å²) in [6.07, 6.45) is 4.83. The number of aryl methyl sites for hydroxylation is 1. The van der Waals surface area contributed by atoms with Gasteiger partial charge in [0.25, 0.3) is 0 Å². The minimum absolute atomic E-state index is 0.00350. The summed E-state index contributed by atoms with van der Waals surface area (Å²) in [5.41, 5.74) is 5.48. The number of benzene rings is 4. The predicted molar refractivity (Wildman–Crippen MR) is 182 cm³/mol. The maximum absolute atomic E-state index is 14.4. The lowest BCUT2D eigenvalue weighted by Gasteiger charge is -2.39. The molecular formula is C38H40BrN3O2. The van der Waals surface area contributed by atoms with Gasteiger partial charge in [0.1, 0.15) is 6.04 Å². The summed E-state index contributed by atoms with van der Waals surface area (Å²) in [5, 5.41) is 0. The van der Waals surface area contributed by atoms with Gasteiger partial charge in [0.2, 0.25) is 11.8 Å². The molecule has 226 valence electrons. The van der Waals surface area contributed by atoms with E-state index in [0.29, 0.717) is 26.1 Å². The summed E-state index contributed by atoms with van der Waals surface area (Å²) < 4.78 is 0.982. The van der Waals surface area contributed by atoms with Crippen molar-refractivity contribution in [2.75, 3.05) is 26.2 Å². The number of carbonyl (C=O) groups is 2. The van der Waals surface area contributed by atoms with Gasteiger partial charge in [0.15, 0.2) is 0 Å². The molecule has 1 atom stereocenters. The number of hydrogen-bond donors (Lipinski definition) is 0. The van der Waals surface area contributed by atoms with E-state index in [1.807, 2.05) is 71.6 Å². The smallest absolute Gasteiger partial charge is 0.247 e. The van der Waals surface area contributed by atoms with Crippen LogP contribution in [0.3, 0.4) is 0 Å². The fourth-order valence-corrected chi connectivity index (χ4v) is 5.87. The Morgan fingerprint density at radius 1 is 0.750 bits per heavy atom. The van der Waals surface area contributed by atoms with E-state index in [1.165, 1.54) is 11.1 Å². The van der Waals surface area contributed by atoms with Crippen molar-refractivity contribution in [1.29, 1.82) is 0 Å². The summed E-state index contributed by atoms with van der Waals surface area (Å²) in [5.74, 6) is -0.173. The van der Waals surface area contributed by atoms with Gasteiger partial charge >= 0.3 is 0 Å². The molecule has 5 nitrogen and oxygen atoms in total. The monoisotopic (exact) mass is 649 g/mol. The molecular weight excluding hydrogens is 610 g/mol. The van der Waals surface area contributed by atoms with Gasteiger partial charge in [-0.05, 0) is 52.4 Å². The van der Waals surface area contributed by atoms with E-state index in [-0.39, 0.29) is 11.8 Å². The van der Waals surface area contributed by atoms with Crippen LogP contribution in [0.15, 0.2) is 120 Å². The Morgan fingerprint density at radius 2 is 1.34 bits per heavy atom. The number of piperazine rings is 1. The fourth-order valence-electron chi connectivity index (χ4n) is 5.60. The first-order valence-electron chi connectivity index (χ1n) is 15.4. The first-order valence-corrected chi connectivity index (χ1v) is 16.2. The van der Waals surface area contributed by atoms with E-state index < -0.39 is 6.04 Å². The van der Waals surface area contributed by atoms with E-state index in [1.54, 1.807) is 11.0 Å². The Kier molecular flexibility index (Phi) is 11.2. The highest BCUT2D eigenvalue weighted by atomic mass is 79.9. The van der Waals surface area contributed by atoms with Crippen LogP contribution in [-0.2, 0) is 35.5 Å². The molecule has 0 spiro atoms. The molecule has 1 fully saturated rings. The molecule has 4 aromatic rings. The van der Waals surface area contributed by atoms with Gasteiger partial charge in [0.05, 0.1) is 0 Å². The van der Waals surface area contributed by atoms with E-state index in [2.05, 4.69) is 76.3 Å². The third-order valence-corrected chi connectivity index (χ3v) is 8.75. The van der Waals surface area contributed by atoms with Gasteiger partial charge in [-0.15, -0.1) is 0 Å². The maximum Gasteiger partial charge on any atom is 0.247 e. The van der Waals surface area contributed by atoms with Crippen molar-refractivity contribution >= 4 is 33.8 Å². The van der Waals surface area contributed by atoms with Gasteiger partial charge in [-0.3, -0.25) is 14.5 Å². The zero-order valence-electron chi connectivity index (χ0n) is 25.3. The third kappa shape index (κ3) is 8.77. The highest BCUT2D eigenvalue weighted by molar-refractivity contribution is 9.10. The molecule has 44 heavy (non-hydrogen) atoms. The first kappa shape index (κ1) is 31.4. The van der Waals surface area contributed by atoms with Crippen LogP contribution in [0.5, 0.6) is 0 Å². The average Bonchev–Trinajstić information content (AvgIpc) is 3.07. The Hall–Kier alpha value is -4.00. The van der Waals surface area contributed by atoms with Crippen molar-refractivity contribution in [3.8, 4) is 0 Å². The van der Waals surface area contributed by atoms with Gasteiger partial charge in [-0.25, -0.2) is 0 Å². The Bertz CT molecular complexity index is 1510. The molecule has 1 heterocycles. The largest absolute Gasteiger partial charge is 0.338 e. The summed E-state index contributed by atoms with van der Waals surface area (Å²) in [6.45, 7) is 6.23. The molecule has 0 unspecified atom stereocenters. The van der Waals surface area contributed by atoms with Gasteiger partial charge in [-0.1, -0.05) is 120 Å². The topological polar surface area (TPSA) is 43.9 Å². The molecule has 0 aromatic heterocycles. The molecule has 1 saturated heterocycles. The second kappa shape index (κ2) is 15.6. The summed E-state index contributed by atoms with van der Waals surface area (Å²) in [4.78, 5) is 34.5. The number of carbonyl (C=O) groups excluding carboxylic acids is 2. The molecule has 1 aliphatic rings. The van der Waals surface area contributed by atoms with Gasteiger partial charge in [-0.2, -0.15) is 0 Å². The summed E-state index contributed by atoms with van der Waals surface area (Å²) in [6, 6.07) is 36.0. The van der Waals surface area contributed by atoms with Gasteiger partial charge < -0.3 is 9.80 Å². The molecule has 1 aliphatic heterocycles. The molecule has 6 heteroatoms. The highest BCUT2D eigenvalue weighted by Crippen LogP contribution is 2.20. The van der Waals surface area contributed by atoms with E-state index >= 15 is 0 Å². The molecule has 5 rings (SSSR count). The standard InChI is InChI=1S/C38H40BrN3O2/c1-2-30-13-15-34(16-14-30)29-42(37(43)22-19-31-17-20-35(39)21-18-31)36(27-32-9-5-3-6-10-32)38(44)41-25-23-40(24-26-41)28-33-11-7-4-8-12-33/h3-22,36H,2,23-29H2,1H3/b22-19+/t36-/m0/s1. The number of amides is 2. The van der Waals surface area contributed by atoms with E-state index in [9.17, 15) is 9.59 Å². The van der Waals surface area contributed by atoms with Crippen molar-refractivity contribution in [3.63, 3.8) is 0 Å². The van der Waals surface area contributed by atoms with Crippen LogP contribution in [0, 0.1) is 0 Å². The number of rotatable bonds is 11. The first-order chi connectivity index (χ1) is 21.5. The number of halogens is 1. The van der Waals surface area contributed by atoms with Crippen LogP contribution in [-0.4, -0.2) is 58.7 Å². The molecule has 2 amide bonds. The molecule has 0 bridgehead atoms. The SMILES string of the molecule is CCc1ccc(CN(C(=O)/C=C/c2ccc(Br)cc2)[C@@H](Cc2ccccc2)C(=O)N2CCN(Cc3ccccc3)CC2)cc1. The normalized spacial score (nSPS) is 14.5. The van der Waals surface area contributed by atoms with Crippen LogP contribution < -0.4 is 0 Å². The van der Waals surface area contributed by atoms with Crippen LogP contribution >= 0.6 is 15.9 Å². The third-order valence-electron chi connectivity index (χ3n) is 8.22.